The number of pyridine rings is 1. The molecule has 88 valence electrons. The van der Waals surface area contributed by atoms with E-state index in [0.717, 1.165) is 5.56 Å². The van der Waals surface area contributed by atoms with Crippen LogP contribution in [-0.2, 0) is 11.2 Å². The molecule has 0 atom stereocenters. The summed E-state index contributed by atoms with van der Waals surface area (Å²) in [6, 6.07) is 1.76. The molecule has 0 aliphatic heterocycles. The number of ether oxygens (including phenoxy) is 2. The highest BCUT2D eigenvalue weighted by atomic mass is 16.5. The fourth-order valence-corrected chi connectivity index (χ4v) is 1.38. The molecule has 1 heterocycles. The average molecular weight is 225 g/mol. The lowest BCUT2D eigenvalue weighted by Gasteiger charge is -2.08. The van der Waals surface area contributed by atoms with Crippen LogP contribution in [0.4, 0.5) is 0 Å². The van der Waals surface area contributed by atoms with Crippen molar-refractivity contribution in [2.24, 2.45) is 0 Å². The number of carboxylic acid groups (broad SMARTS) is 1. The predicted molar refractivity (Wildman–Crippen MR) is 57.9 cm³/mol. The molecule has 0 aliphatic rings. The molecule has 0 radical (unpaired) electrons. The number of methoxy groups -OCH3 is 2. The first-order valence-electron chi connectivity index (χ1n) is 4.96. The Balaban J connectivity index is 2.71. The Hall–Kier alpha value is -1.78. The number of hydrogen-bond donors (Lipinski definition) is 1. The molecule has 0 unspecified atom stereocenters. The normalized spacial score (nSPS) is 9.88. The van der Waals surface area contributed by atoms with Gasteiger partial charge in [-0.3, -0.25) is 4.79 Å². The van der Waals surface area contributed by atoms with E-state index in [0.29, 0.717) is 24.5 Å². The molecule has 1 aromatic rings. The van der Waals surface area contributed by atoms with Gasteiger partial charge in [0.15, 0.2) is 0 Å². The van der Waals surface area contributed by atoms with Gasteiger partial charge in [0.05, 0.1) is 20.4 Å². The summed E-state index contributed by atoms with van der Waals surface area (Å²) in [6.45, 7) is 0. The summed E-state index contributed by atoms with van der Waals surface area (Å²) in [5, 5.41) is 8.55. The Labute approximate surface area is 94.0 Å². The van der Waals surface area contributed by atoms with Crippen LogP contribution in [0.5, 0.6) is 11.6 Å². The van der Waals surface area contributed by atoms with Crippen molar-refractivity contribution in [2.75, 3.05) is 14.2 Å². The largest absolute Gasteiger partial charge is 0.495 e. The number of aryl methyl sites for hydroxylation is 1. The molecule has 0 amide bonds. The standard InChI is InChI=1S/C11H15NO4/c1-15-9-7-12-10(16-2)6-8(9)4-3-5-11(13)14/h6-7H,3-5H2,1-2H3,(H,13,14). The maximum absolute atomic E-state index is 10.4. The molecule has 16 heavy (non-hydrogen) atoms. The van der Waals surface area contributed by atoms with Gasteiger partial charge in [0.25, 0.3) is 0 Å². The summed E-state index contributed by atoms with van der Waals surface area (Å²) in [5.74, 6) is 0.373. The van der Waals surface area contributed by atoms with Gasteiger partial charge in [-0.05, 0) is 12.8 Å². The van der Waals surface area contributed by atoms with Gasteiger partial charge in [-0.1, -0.05) is 0 Å². The van der Waals surface area contributed by atoms with Crippen molar-refractivity contribution in [1.82, 2.24) is 4.98 Å². The summed E-state index contributed by atoms with van der Waals surface area (Å²) in [5.41, 5.74) is 0.913. The number of aromatic nitrogens is 1. The van der Waals surface area contributed by atoms with Crippen LogP contribution >= 0.6 is 0 Å². The molecule has 0 aromatic carbocycles. The average Bonchev–Trinajstić information content (AvgIpc) is 2.28. The first-order valence-corrected chi connectivity index (χ1v) is 4.96. The van der Waals surface area contributed by atoms with Crippen molar-refractivity contribution in [3.63, 3.8) is 0 Å². The molecular weight excluding hydrogens is 210 g/mol. The second-order valence-corrected chi connectivity index (χ2v) is 3.29. The fourth-order valence-electron chi connectivity index (χ4n) is 1.38. The molecule has 0 bridgehead atoms. The van der Waals surface area contributed by atoms with Gasteiger partial charge in [0.2, 0.25) is 5.88 Å². The number of hydrogen-bond acceptors (Lipinski definition) is 4. The highest BCUT2D eigenvalue weighted by Gasteiger charge is 2.07. The van der Waals surface area contributed by atoms with Gasteiger partial charge >= 0.3 is 5.97 Å². The molecule has 0 spiro atoms. The van der Waals surface area contributed by atoms with E-state index in [-0.39, 0.29) is 6.42 Å². The predicted octanol–water partition coefficient (Wildman–Crippen LogP) is 1.51. The molecule has 0 aliphatic carbocycles. The van der Waals surface area contributed by atoms with Gasteiger partial charge in [-0.15, -0.1) is 0 Å². The molecule has 5 heteroatoms. The van der Waals surface area contributed by atoms with Gasteiger partial charge in [-0.2, -0.15) is 0 Å². The summed E-state index contributed by atoms with van der Waals surface area (Å²) in [6.07, 6.45) is 2.93. The number of aliphatic carboxylic acids is 1. The van der Waals surface area contributed by atoms with Crippen LogP contribution in [0.1, 0.15) is 18.4 Å². The molecule has 1 N–H and O–H groups in total. The van der Waals surface area contributed by atoms with Crippen molar-refractivity contribution in [3.05, 3.63) is 17.8 Å². The minimum Gasteiger partial charge on any atom is -0.495 e. The molecule has 1 rings (SSSR count). The zero-order chi connectivity index (χ0) is 12.0. The van der Waals surface area contributed by atoms with Crippen LogP contribution in [0, 0.1) is 0 Å². The lowest BCUT2D eigenvalue weighted by molar-refractivity contribution is -0.137. The summed E-state index contributed by atoms with van der Waals surface area (Å²) < 4.78 is 10.1. The molecule has 1 aromatic heterocycles. The zero-order valence-electron chi connectivity index (χ0n) is 9.40. The van der Waals surface area contributed by atoms with E-state index in [4.69, 9.17) is 14.6 Å². The van der Waals surface area contributed by atoms with Gasteiger partial charge < -0.3 is 14.6 Å². The molecule has 0 saturated carbocycles. The quantitative estimate of drug-likeness (QED) is 0.794. The van der Waals surface area contributed by atoms with Crippen molar-refractivity contribution >= 4 is 5.97 Å². The summed E-state index contributed by atoms with van der Waals surface area (Å²) in [4.78, 5) is 14.4. The molecule has 0 fully saturated rings. The van der Waals surface area contributed by atoms with E-state index >= 15 is 0 Å². The first kappa shape index (κ1) is 12.3. The molecular formula is C11H15NO4. The zero-order valence-corrected chi connectivity index (χ0v) is 9.40. The monoisotopic (exact) mass is 225 g/mol. The van der Waals surface area contributed by atoms with Crippen LogP contribution in [0.3, 0.4) is 0 Å². The lowest BCUT2D eigenvalue weighted by Crippen LogP contribution is -1.99. The lowest BCUT2D eigenvalue weighted by atomic mass is 10.1. The van der Waals surface area contributed by atoms with Crippen molar-refractivity contribution in [3.8, 4) is 11.6 Å². The number of rotatable bonds is 6. The van der Waals surface area contributed by atoms with E-state index in [1.165, 1.54) is 7.11 Å². The second kappa shape index (κ2) is 5.95. The van der Waals surface area contributed by atoms with Crippen molar-refractivity contribution in [2.45, 2.75) is 19.3 Å². The highest BCUT2D eigenvalue weighted by Crippen LogP contribution is 2.22. The van der Waals surface area contributed by atoms with E-state index < -0.39 is 5.97 Å². The Morgan fingerprint density at radius 3 is 2.75 bits per heavy atom. The third-order valence-electron chi connectivity index (χ3n) is 2.19. The molecule has 0 saturated heterocycles. The first-order chi connectivity index (χ1) is 7.67. The van der Waals surface area contributed by atoms with Crippen LogP contribution in [0.2, 0.25) is 0 Å². The van der Waals surface area contributed by atoms with Crippen molar-refractivity contribution in [1.29, 1.82) is 0 Å². The minimum absolute atomic E-state index is 0.147. The Morgan fingerprint density at radius 2 is 2.19 bits per heavy atom. The topological polar surface area (TPSA) is 68.7 Å². The van der Waals surface area contributed by atoms with Crippen LogP contribution < -0.4 is 9.47 Å². The third-order valence-corrected chi connectivity index (χ3v) is 2.19. The van der Waals surface area contributed by atoms with E-state index in [2.05, 4.69) is 4.98 Å². The third kappa shape index (κ3) is 3.42. The smallest absolute Gasteiger partial charge is 0.303 e. The Bertz CT molecular complexity index is 365. The summed E-state index contributed by atoms with van der Waals surface area (Å²) in [7, 11) is 3.10. The van der Waals surface area contributed by atoms with Crippen LogP contribution in [0.25, 0.3) is 0 Å². The highest BCUT2D eigenvalue weighted by molar-refractivity contribution is 5.66. The minimum atomic E-state index is -0.792. The maximum Gasteiger partial charge on any atom is 0.303 e. The van der Waals surface area contributed by atoms with E-state index in [9.17, 15) is 4.79 Å². The fraction of sp³-hybridized carbons (Fsp3) is 0.455. The second-order valence-electron chi connectivity index (χ2n) is 3.29. The van der Waals surface area contributed by atoms with Crippen LogP contribution in [-0.4, -0.2) is 30.3 Å². The Morgan fingerprint density at radius 1 is 1.44 bits per heavy atom. The number of nitrogens with zero attached hydrogens (tertiary/aromatic N) is 1. The van der Waals surface area contributed by atoms with Gasteiger partial charge in [0, 0.05) is 18.1 Å². The number of carboxylic acids is 1. The summed E-state index contributed by atoms with van der Waals surface area (Å²) >= 11 is 0. The van der Waals surface area contributed by atoms with E-state index in [1.807, 2.05) is 0 Å². The van der Waals surface area contributed by atoms with Crippen LogP contribution in [0.15, 0.2) is 12.3 Å². The van der Waals surface area contributed by atoms with Gasteiger partial charge in [0.1, 0.15) is 5.75 Å². The number of carbonyl (C=O) groups is 1. The SMILES string of the molecule is COc1cc(CCCC(=O)O)c(OC)cn1. The Kier molecular flexibility index (Phi) is 4.57. The van der Waals surface area contributed by atoms with Crippen molar-refractivity contribution < 1.29 is 19.4 Å². The molecule has 5 nitrogen and oxygen atoms in total. The van der Waals surface area contributed by atoms with E-state index in [1.54, 1.807) is 19.4 Å². The van der Waals surface area contributed by atoms with Gasteiger partial charge in [-0.25, -0.2) is 4.98 Å². The maximum atomic E-state index is 10.4.